The van der Waals surface area contributed by atoms with E-state index in [2.05, 4.69) is 20.9 Å². The molecule has 1 aromatic heterocycles. The largest absolute Gasteiger partial charge is 0.370 e. The zero-order chi connectivity index (χ0) is 34.4. The lowest BCUT2D eigenvalue weighted by Gasteiger charge is -2.35. The highest BCUT2D eigenvalue weighted by atomic mass is 31.2. The number of primary amides is 1. The number of hydrogen-bond donors (Lipinski definition) is 7. The Bertz CT molecular complexity index is 1720. The number of rotatable bonds is 12. The van der Waals surface area contributed by atoms with Crippen LogP contribution in [-0.2, 0) is 36.4 Å². The number of hydrogen-bond acceptors (Lipinski definition) is 6. The normalized spacial score (nSPS) is 20.3. The van der Waals surface area contributed by atoms with E-state index in [1.165, 1.54) is 0 Å². The first kappa shape index (κ1) is 34.8. The lowest BCUT2D eigenvalue weighted by atomic mass is 9.98. The zero-order valence-corrected chi connectivity index (χ0v) is 27.3. The van der Waals surface area contributed by atoms with Crippen molar-refractivity contribution in [3.05, 3.63) is 71.4 Å². The molecular weight excluding hydrogens is 639 g/mol. The van der Waals surface area contributed by atoms with Crippen molar-refractivity contribution in [1.82, 2.24) is 25.8 Å². The Morgan fingerprint density at radius 3 is 2.46 bits per heavy atom. The third-order valence-corrected chi connectivity index (χ3v) is 9.66. The topological polar surface area (TPSA) is 224 Å². The van der Waals surface area contributed by atoms with Crippen LogP contribution in [0.4, 0.5) is 0 Å². The number of amides is 5. The summed E-state index contributed by atoms with van der Waals surface area (Å²) >= 11 is 0. The van der Waals surface area contributed by atoms with Crippen LogP contribution >= 0.6 is 7.60 Å². The highest BCUT2D eigenvalue weighted by Crippen LogP contribution is 2.39. The van der Waals surface area contributed by atoms with Gasteiger partial charge in [0.2, 0.25) is 23.6 Å². The predicted molar refractivity (Wildman–Crippen MR) is 176 cm³/mol. The molecule has 256 valence electrons. The second-order valence-corrected chi connectivity index (χ2v) is 14.1. The molecule has 0 aliphatic carbocycles. The molecule has 4 atom stereocenters. The maximum absolute atomic E-state index is 14.0. The Balaban J connectivity index is 1.28. The molecule has 2 fully saturated rings. The molecule has 3 heterocycles. The van der Waals surface area contributed by atoms with Gasteiger partial charge in [-0.2, -0.15) is 0 Å². The number of nitrogens with one attached hydrogen (secondary N) is 4. The van der Waals surface area contributed by atoms with Crippen LogP contribution < -0.4 is 21.7 Å². The summed E-state index contributed by atoms with van der Waals surface area (Å²) < 4.78 is 11.4. The Morgan fingerprint density at radius 1 is 0.979 bits per heavy atom. The van der Waals surface area contributed by atoms with Gasteiger partial charge in [0.25, 0.3) is 5.91 Å². The molecule has 14 nitrogen and oxygen atoms in total. The molecule has 0 radical (unpaired) electrons. The molecular formula is C33H41N6O8P. The smallest absolute Gasteiger partial charge is 0.329 e. The molecule has 0 saturated carbocycles. The summed E-state index contributed by atoms with van der Waals surface area (Å²) in [4.78, 5) is 88.9. The number of H-pyrrole nitrogens is 1. The molecule has 5 rings (SSSR count). The first-order chi connectivity index (χ1) is 22.9. The third kappa shape index (κ3) is 8.88. The van der Waals surface area contributed by atoms with Crippen LogP contribution in [0.25, 0.3) is 10.9 Å². The Morgan fingerprint density at radius 2 is 1.73 bits per heavy atom. The zero-order valence-electron chi connectivity index (χ0n) is 26.4. The van der Waals surface area contributed by atoms with Crippen molar-refractivity contribution < 1.29 is 38.3 Å². The minimum absolute atomic E-state index is 0.00419. The van der Waals surface area contributed by atoms with E-state index < -0.39 is 55.5 Å². The molecule has 0 unspecified atom stereocenters. The van der Waals surface area contributed by atoms with Crippen molar-refractivity contribution in [2.75, 3.05) is 0 Å². The van der Waals surface area contributed by atoms with E-state index in [1.807, 2.05) is 30.3 Å². The van der Waals surface area contributed by atoms with E-state index in [-0.39, 0.29) is 37.0 Å². The molecule has 48 heavy (non-hydrogen) atoms. The van der Waals surface area contributed by atoms with Gasteiger partial charge in [0, 0.05) is 29.9 Å². The molecule has 2 aliphatic rings. The van der Waals surface area contributed by atoms with Crippen LogP contribution in [0, 0.1) is 0 Å². The minimum atomic E-state index is -4.27. The number of aromatic amines is 1. The van der Waals surface area contributed by atoms with E-state index in [9.17, 15) is 38.3 Å². The molecule has 5 amide bonds. The number of nitrogens with two attached hydrogens (primary N) is 1. The van der Waals surface area contributed by atoms with Crippen molar-refractivity contribution in [3.63, 3.8) is 0 Å². The maximum atomic E-state index is 14.0. The molecule has 2 saturated heterocycles. The van der Waals surface area contributed by atoms with Gasteiger partial charge in [0.1, 0.15) is 23.8 Å². The van der Waals surface area contributed by atoms with Gasteiger partial charge in [-0.25, -0.2) is 0 Å². The first-order valence-corrected chi connectivity index (χ1v) is 17.9. The van der Waals surface area contributed by atoms with Crippen LogP contribution in [0.1, 0.15) is 73.0 Å². The summed E-state index contributed by atoms with van der Waals surface area (Å²) in [6, 6.07) is 12.6. The summed E-state index contributed by atoms with van der Waals surface area (Å²) in [7, 11) is -4.27. The van der Waals surface area contributed by atoms with Crippen molar-refractivity contribution in [2.24, 2.45) is 5.73 Å². The number of aromatic nitrogens is 1. The minimum Gasteiger partial charge on any atom is -0.370 e. The standard InChI is InChI=1S/C33H41N6O8P/c34-29(40)15-13-25(30(41)35-18-20-6-2-1-3-7-20)37-32(43)28-14-11-23-8-4-5-9-26(33(44)39(23)28)38-31(42)27-17-22-16-21(19-48(45,46)47)10-12-24(22)36-27/h1-3,6-7,10,12,16-17,23,25-26,28,36H,4-5,8-9,11,13-15,18-19H2,(H2,34,40)(H,35,41)(H,37,43)(H,38,42)(H2,45,46,47)/t23-,25-,26-,28-/m0/s1. The summed E-state index contributed by atoms with van der Waals surface area (Å²) in [5, 5.41) is 8.98. The summed E-state index contributed by atoms with van der Waals surface area (Å²) in [5.74, 6) is -2.50. The van der Waals surface area contributed by atoms with Crippen LogP contribution in [0.5, 0.6) is 0 Å². The number of carbonyl (C=O) groups excluding carboxylic acids is 5. The average molecular weight is 681 g/mol. The predicted octanol–water partition coefficient (Wildman–Crippen LogP) is 1.94. The lowest BCUT2D eigenvalue weighted by molar-refractivity contribution is -0.143. The van der Waals surface area contributed by atoms with Gasteiger partial charge in [0.05, 0.1) is 6.16 Å². The fourth-order valence-electron chi connectivity index (χ4n) is 6.53. The second-order valence-electron chi connectivity index (χ2n) is 12.5. The fraction of sp³-hybridized carbons (Fsp3) is 0.424. The number of nitrogens with zero attached hydrogens (tertiary/aromatic N) is 1. The van der Waals surface area contributed by atoms with Crippen molar-refractivity contribution in [3.8, 4) is 0 Å². The molecule has 3 aromatic rings. The van der Waals surface area contributed by atoms with Gasteiger partial charge in [0.15, 0.2) is 0 Å². The average Bonchev–Trinajstić information content (AvgIpc) is 3.66. The molecule has 8 N–H and O–H groups in total. The van der Waals surface area contributed by atoms with E-state index >= 15 is 0 Å². The van der Waals surface area contributed by atoms with E-state index in [0.717, 1.165) is 12.0 Å². The fourth-order valence-corrected chi connectivity index (χ4v) is 7.20. The van der Waals surface area contributed by atoms with E-state index in [0.29, 0.717) is 48.6 Å². The van der Waals surface area contributed by atoms with Crippen molar-refractivity contribution in [1.29, 1.82) is 0 Å². The van der Waals surface area contributed by atoms with Crippen LogP contribution in [-0.4, -0.2) is 73.4 Å². The quantitative estimate of drug-likeness (QED) is 0.140. The molecule has 0 spiro atoms. The highest BCUT2D eigenvalue weighted by molar-refractivity contribution is 7.50. The molecule has 2 aromatic carbocycles. The maximum Gasteiger partial charge on any atom is 0.329 e. The van der Waals surface area contributed by atoms with Crippen molar-refractivity contribution in [2.45, 2.75) is 88.2 Å². The van der Waals surface area contributed by atoms with Gasteiger partial charge in [-0.05, 0) is 61.4 Å². The van der Waals surface area contributed by atoms with Gasteiger partial charge in [-0.15, -0.1) is 0 Å². The Labute approximate surface area is 277 Å². The third-order valence-electron chi connectivity index (χ3n) is 8.88. The first-order valence-electron chi connectivity index (χ1n) is 16.1. The summed E-state index contributed by atoms with van der Waals surface area (Å²) in [5.41, 5.74) is 7.40. The Kier molecular flexibility index (Phi) is 11.0. The number of carbonyl (C=O) groups is 5. The summed E-state index contributed by atoms with van der Waals surface area (Å²) in [6.45, 7) is 0.227. The second kappa shape index (κ2) is 15.1. The molecule has 0 bridgehead atoms. The summed E-state index contributed by atoms with van der Waals surface area (Å²) in [6.07, 6.45) is 3.01. The monoisotopic (exact) mass is 680 g/mol. The van der Waals surface area contributed by atoms with Gasteiger partial charge >= 0.3 is 7.60 Å². The SMILES string of the molecule is NC(=O)CC[C@H](NC(=O)[C@@H]1CC[C@@H]2CCCC[C@H](NC(=O)c3cc4cc(CP(=O)(O)O)ccc4[nH]3)C(=O)N21)C(=O)NCc1ccccc1. The van der Waals surface area contributed by atoms with Gasteiger partial charge < -0.3 is 41.4 Å². The molecule has 2 aliphatic heterocycles. The Hall–Kier alpha value is -4.52. The lowest BCUT2D eigenvalue weighted by Crippen LogP contribution is -2.58. The molecule has 15 heteroatoms. The number of benzene rings is 2. The van der Waals surface area contributed by atoms with Crippen LogP contribution in [0.2, 0.25) is 0 Å². The van der Waals surface area contributed by atoms with Crippen LogP contribution in [0.15, 0.2) is 54.6 Å². The van der Waals surface area contributed by atoms with E-state index in [1.54, 1.807) is 29.2 Å². The highest BCUT2D eigenvalue weighted by Gasteiger charge is 2.44. The van der Waals surface area contributed by atoms with E-state index in [4.69, 9.17) is 5.73 Å². The van der Waals surface area contributed by atoms with Gasteiger partial charge in [-0.3, -0.25) is 28.5 Å². The van der Waals surface area contributed by atoms with Crippen LogP contribution in [0.3, 0.4) is 0 Å². The van der Waals surface area contributed by atoms with Crippen molar-refractivity contribution >= 4 is 48.0 Å². The van der Waals surface area contributed by atoms with Gasteiger partial charge in [-0.1, -0.05) is 49.2 Å². The number of fused-ring (bicyclic) bond motifs is 2.